The molecule has 0 aliphatic carbocycles. The second-order valence-electron chi connectivity index (χ2n) is 4.41. The lowest BCUT2D eigenvalue weighted by molar-refractivity contribution is 0.0952. The van der Waals surface area contributed by atoms with Crippen molar-refractivity contribution in [2.45, 2.75) is 0 Å². The van der Waals surface area contributed by atoms with Crippen LogP contribution in [0.2, 0.25) is 10.0 Å². The van der Waals surface area contributed by atoms with E-state index in [2.05, 4.69) is 10.5 Å². The molecular formula is C15H12Cl2N2O4. The third kappa shape index (κ3) is 4.06. The predicted molar refractivity (Wildman–Crippen MR) is 87.8 cm³/mol. The fourth-order valence-corrected chi connectivity index (χ4v) is 2.41. The van der Waals surface area contributed by atoms with Crippen molar-refractivity contribution < 1.29 is 19.7 Å². The number of hydrogen-bond donors (Lipinski definition) is 3. The molecule has 0 atom stereocenters. The first-order valence-electron chi connectivity index (χ1n) is 6.30. The summed E-state index contributed by atoms with van der Waals surface area (Å²) in [4.78, 5) is 11.9. The minimum atomic E-state index is -0.647. The molecule has 120 valence electrons. The molecule has 2 aromatic rings. The van der Waals surface area contributed by atoms with Gasteiger partial charge in [-0.2, -0.15) is 5.10 Å². The number of phenols is 2. The normalized spacial score (nSPS) is 10.7. The number of benzene rings is 2. The van der Waals surface area contributed by atoms with Gasteiger partial charge in [0.05, 0.1) is 23.9 Å². The molecule has 3 N–H and O–H groups in total. The van der Waals surface area contributed by atoms with Gasteiger partial charge >= 0.3 is 0 Å². The lowest BCUT2D eigenvalue weighted by Gasteiger charge is -2.07. The third-order valence-electron chi connectivity index (χ3n) is 2.84. The number of nitrogens with zero attached hydrogens (tertiary/aromatic N) is 1. The summed E-state index contributed by atoms with van der Waals surface area (Å²) >= 11 is 11.9. The van der Waals surface area contributed by atoms with Gasteiger partial charge in [-0.25, -0.2) is 5.43 Å². The summed E-state index contributed by atoms with van der Waals surface area (Å²) in [6.45, 7) is 0. The molecule has 0 aromatic heterocycles. The number of hydrogen-bond acceptors (Lipinski definition) is 5. The molecule has 1 amide bonds. The summed E-state index contributed by atoms with van der Waals surface area (Å²) in [5.41, 5.74) is 2.69. The van der Waals surface area contributed by atoms with Crippen LogP contribution in [0.1, 0.15) is 15.9 Å². The fourth-order valence-electron chi connectivity index (χ4n) is 1.82. The Morgan fingerprint density at radius 2 is 2.00 bits per heavy atom. The molecule has 0 spiro atoms. The SMILES string of the molecule is COc1c(Cl)cc(Cl)cc1/C=N\NC(=O)c1ccc(O)cc1O. The van der Waals surface area contributed by atoms with Crippen LogP contribution in [0.25, 0.3) is 0 Å². The number of methoxy groups -OCH3 is 1. The Kier molecular flexibility index (Phi) is 5.31. The number of ether oxygens (including phenoxy) is 1. The van der Waals surface area contributed by atoms with E-state index in [0.29, 0.717) is 21.4 Å². The molecular weight excluding hydrogens is 343 g/mol. The topological polar surface area (TPSA) is 91.2 Å². The molecule has 0 aliphatic rings. The van der Waals surface area contributed by atoms with Crippen LogP contribution in [0, 0.1) is 0 Å². The number of hydrazone groups is 1. The van der Waals surface area contributed by atoms with E-state index in [9.17, 15) is 15.0 Å². The molecule has 8 heteroatoms. The highest BCUT2D eigenvalue weighted by Gasteiger charge is 2.11. The summed E-state index contributed by atoms with van der Waals surface area (Å²) < 4.78 is 5.14. The molecule has 0 saturated heterocycles. The van der Waals surface area contributed by atoms with E-state index < -0.39 is 5.91 Å². The fraction of sp³-hybridized carbons (Fsp3) is 0.0667. The molecule has 0 bridgehead atoms. The summed E-state index contributed by atoms with van der Waals surface area (Å²) in [5.74, 6) is -0.797. The first-order valence-corrected chi connectivity index (χ1v) is 7.06. The Balaban J connectivity index is 2.17. The quantitative estimate of drug-likeness (QED) is 0.580. The average molecular weight is 355 g/mol. The van der Waals surface area contributed by atoms with Gasteiger partial charge in [-0.05, 0) is 24.3 Å². The van der Waals surface area contributed by atoms with Crippen molar-refractivity contribution >= 4 is 35.3 Å². The van der Waals surface area contributed by atoms with Gasteiger partial charge in [0, 0.05) is 16.7 Å². The van der Waals surface area contributed by atoms with Crippen LogP contribution < -0.4 is 10.2 Å². The van der Waals surface area contributed by atoms with Gasteiger partial charge in [0.15, 0.2) is 0 Å². The zero-order chi connectivity index (χ0) is 17.0. The summed E-state index contributed by atoms with van der Waals surface area (Å²) in [6, 6.07) is 6.69. The molecule has 0 radical (unpaired) electrons. The highest BCUT2D eigenvalue weighted by atomic mass is 35.5. The maximum atomic E-state index is 11.9. The van der Waals surface area contributed by atoms with E-state index in [1.54, 1.807) is 6.07 Å². The highest BCUT2D eigenvalue weighted by molar-refractivity contribution is 6.36. The maximum Gasteiger partial charge on any atom is 0.275 e. The number of amides is 1. The summed E-state index contributed by atoms with van der Waals surface area (Å²) in [6.07, 6.45) is 1.31. The molecule has 0 heterocycles. The summed E-state index contributed by atoms with van der Waals surface area (Å²) in [5, 5.41) is 23.3. The number of carbonyl (C=O) groups is 1. The Morgan fingerprint density at radius 1 is 1.26 bits per heavy atom. The van der Waals surface area contributed by atoms with Crippen LogP contribution in [0.4, 0.5) is 0 Å². The first-order chi connectivity index (χ1) is 10.9. The van der Waals surface area contributed by atoms with E-state index in [1.807, 2.05) is 0 Å². The maximum absolute atomic E-state index is 11.9. The number of rotatable bonds is 4. The van der Waals surface area contributed by atoms with Crippen LogP contribution in [-0.2, 0) is 0 Å². The minimum Gasteiger partial charge on any atom is -0.508 e. The Labute approximate surface area is 141 Å². The zero-order valence-electron chi connectivity index (χ0n) is 11.9. The molecule has 2 rings (SSSR count). The van der Waals surface area contributed by atoms with Crippen LogP contribution >= 0.6 is 23.2 Å². The van der Waals surface area contributed by atoms with Gasteiger partial charge in [-0.1, -0.05) is 23.2 Å². The van der Waals surface area contributed by atoms with Crippen molar-refractivity contribution in [1.82, 2.24) is 5.43 Å². The van der Waals surface area contributed by atoms with Crippen molar-refractivity contribution in [1.29, 1.82) is 0 Å². The van der Waals surface area contributed by atoms with Crippen molar-refractivity contribution in [3.63, 3.8) is 0 Å². The lowest BCUT2D eigenvalue weighted by Crippen LogP contribution is -2.17. The van der Waals surface area contributed by atoms with Crippen molar-refractivity contribution in [3.05, 3.63) is 51.5 Å². The predicted octanol–water partition coefficient (Wildman–Crippen LogP) is 3.18. The molecule has 0 aliphatic heterocycles. The van der Waals surface area contributed by atoms with Crippen molar-refractivity contribution in [3.8, 4) is 17.2 Å². The Hall–Kier alpha value is -2.44. The summed E-state index contributed by atoms with van der Waals surface area (Å²) in [7, 11) is 1.44. The number of aromatic hydroxyl groups is 2. The van der Waals surface area contributed by atoms with E-state index in [-0.39, 0.29) is 17.1 Å². The zero-order valence-corrected chi connectivity index (χ0v) is 13.4. The number of halogens is 2. The van der Waals surface area contributed by atoms with Crippen molar-refractivity contribution in [2.24, 2.45) is 5.10 Å². The lowest BCUT2D eigenvalue weighted by atomic mass is 10.2. The Morgan fingerprint density at radius 3 is 2.65 bits per heavy atom. The van der Waals surface area contributed by atoms with Gasteiger partial charge in [0.1, 0.15) is 17.2 Å². The van der Waals surface area contributed by atoms with Gasteiger partial charge in [0.2, 0.25) is 0 Å². The molecule has 0 saturated carbocycles. The van der Waals surface area contributed by atoms with E-state index in [0.717, 1.165) is 6.07 Å². The number of phenolic OH excluding ortho intramolecular Hbond substituents is 2. The third-order valence-corrected chi connectivity index (χ3v) is 3.34. The second-order valence-corrected chi connectivity index (χ2v) is 5.25. The van der Waals surface area contributed by atoms with Gasteiger partial charge in [-0.15, -0.1) is 0 Å². The highest BCUT2D eigenvalue weighted by Crippen LogP contribution is 2.31. The standard InChI is InChI=1S/C15H12Cl2N2O4/c1-23-14-8(4-9(16)5-12(14)17)7-18-19-15(22)11-3-2-10(20)6-13(11)21/h2-7,20-21H,1H3,(H,19,22)/b18-7-. The first kappa shape index (κ1) is 16.9. The molecule has 23 heavy (non-hydrogen) atoms. The van der Waals surface area contributed by atoms with Gasteiger partial charge < -0.3 is 14.9 Å². The number of nitrogens with one attached hydrogen (secondary N) is 1. The van der Waals surface area contributed by atoms with Gasteiger partial charge in [-0.3, -0.25) is 4.79 Å². The monoisotopic (exact) mass is 354 g/mol. The van der Waals surface area contributed by atoms with E-state index in [1.165, 1.54) is 31.5 Å². The minimum absolute atomic E-state index is 0.0314. The van der Waals surface area contributed by atoms with Crippen LogP contribution in [0.5, 0.6) is 17.2 Å². The molecule has 2 aromatic carbocycles. The van der Waals surface area contributed by atoms with E-state index >= 15 is 0 Å². The van der Waals surface area contributed by atoms with Crippen molar-refractivity contribution in [2.75, 3.05) is 7.11 Å². The van der Waals surface area contributed by atoms with Crippen LogP contribution in [0.3, 0.4) is 0 Å². The molecule has 0 unspecified atom stereocenters. The largest absolute Gasteiger partial charge is 0.508 e. The second kappa shape index (κ2) is 7.21. The smallest absolute Gasteiger partial charge is 0.275 e. The van der Waals surface area contributed by atoms with E-state index in [4.69, 9.17) is 27.9 Å². The van der Waals surface area contributed by atoms with Crippen LogP contribution in [0.15, 0.2) is 35.4 Å². The molecule has 0 fully saturated rings. The Bertz CT molecular complexity index is 778. The van der Waals surface area contributed by atoms with Gasteiger partial charge in [0.25, 0.3) is 5.91 Å². The van der Waals surface area contributed by atoms with Crippen LogP contribution in [-0.4, -0.2) is 29.4 Å². The average Bonchev–Trinajstić information content (AvgIpc) is 2.46. The molecule has 6 nitrogen and oxygen atoms in total. The number of carbonyl (C=O) groups excluding carboxylic acids is 1.